The van der Waals surface area contributed by atoms with Crippen molar-refractivity contribution in [3.05, 3.63) is 35.9 Å². The van der Waals surface area contributed by atoms with Crippen molar-refractivity contribution < 1.29 is 9.90 Å². The molecule has 1 rings (SSSR count). The standard InChI is InChI=1S/C11H14ClNO2/c1-13(8-11(14)15)7-10(12)9-5-3-2-4-6-9/h2-6,10H,7-8H2,1H3,(H,14,15). The molecule has 0 aliphatic rings. The number of carbonyl (C=O) groups is 1. The van der Waals surface area contributed by atoms with E-state index in [9.17, 15) is 4.79 Å². The molecule has 0 radical (unpaired) electrons. The normalized spacial score (nSPS) is 12.7. The number of nitrogens with zero attached hydrogens (tertiary/aromatic N) is 1. The van der Waals surface area contributed by atoms with Gasteiger partial charge in [0.1, 0.15) is 0 Å². The molecule has 0 saturated heterocycles. The van der Waals surface area contributed by atoms with Crippen LogP contribution < -0.4 is 0 Å². The van der Waals surface area contributed by atoms with Gasteiger partial charge in [0.15, 0.2) is 0 Å². The average molecular weight is 228 g/mol. The number of benzene rings is 1. The van der Waals surface area contributed by atoms with E-state index in [1.54, 1.807) is 11.9 Å². The fourth-order valence-corrected chi connectivity index (χ4v) is 1.72. The highest BCUT2D eigenvalue weighted by atomic mass is 35.5. The van der Waals surface area contributed by atoms with Crippen LogP contribution in [0.2, 0.25) is 0 Å². The molecule has 0 spiro atoms. The summed E-state index contributed by atoms with van der Waals surface area (Å²) < 4.78 is 0. The van der Waals surface area contributed by atoms with Gasteiger partial charge in [-0.3, -0.25) is 9.69 Å². The van der Waals surface area contributed by atoms with E-state index in [1.165, 1.54) is 0 Å². The number of carboxylic acid groups (broad SMARTS) is 1. The molecule has 0 bridgehead atoms. The molecule has 0 aromatic heterocycles. The van der Waals surface area contributed by atoms with Crippen LogP contribution >= 0.6 is 11.6 Å². The summed E-state index contributed by atoms with van der Waals surface area (Å²) in [5, 5.41) is 8.41. The van der Waals surface area contributed by atoms with E-state index in [-0.39, 0.29) is 11.9 Å². The quantitative estimate of drug-likeness (QED) is 0.782. The van der Waals surface area contributed by atoms with Crippen LogP contribution in [-0.2, 0) is 4.79 Å². The molecular formula is C11H14ClNO2. The Kier molecular flexibility index (Phi) is 4.59. The third kappa shape index (κ3) is 4.32. The number of carboxylic acids is 1. The van der Waals surface area contributed by atoms with Crippen LogP contribution in [0.25, 0.3) is 0 Å². The number of likely N-dealkylation sites (N-methyl/N-ethyl adjacent to an activating group) is 1. The van der Waals surface area contributed by atoms with Crippen molar-refractivity contribution in [2.45, 2.75) is 5.38 Å². The highest BCUT2D eigenvalue weighted by molar-refractivity contribution is 6.21. The van der Waals surface area contributed by atoms with Gasteiger partial charge >= 0.3 is 5.97 Å². The van der Waals surface area contributed by atoms with Gasteiger partial charge in [-0.2, -0.15) is 0 Å². The molecule has 15 heavy (non-hydrogen) atoms. The molecule has 0 amide bonds. The van der Waals surface area contributed by atoms with Crippen LogP contribution in [0, 0.1) is 0 Å². The zero-order valence-corrected chi connectivity index (χ0v) is 9.31. The van der Waals surface area contributed by atoms with Gasteiger partial charge in [0.2, 0.25) is 0 Å². The van der Waals surface area contributed by atoms with Crippen molar-refractivity contribution in [1.29, 1.82) is 0 Å². The second-order valence-electron chi connectivity index (χ2n) is 3.47. The summed E-state index contributed by atoms with van der Waals surface area (Å²) in [6.45, 7) is 0.536. The van der Waals surface area contributed by atoms with Gasteiger partial charge in [-0.25, -0.2) is 0 Å². The lowest BCUT2D eigenvalue weighted by atomic mass is 10.1. The molecule has 1 unspecified atom stereocenters. The van der Waals surface area contributed by atoms with Gasteiger partial charge in [0, 0.05) is 6.54 Å². The minimum Gasteiger partial charge on any atom is -0.480 e. The highest BCUT2D eigenvalue weighted by Gasteiger charge is 2.12. The summed E-state index contributed by atoms with van der Waals surface area (Å²) in [5.74, 6) is -0.838. The van der Waals surface area contributed by atoms with Crippen LogP contribution in [0.4, 0.5) is 0 Å². The van der Waals surface area contributed by atoms with Gasteiger partial charge in [-0.05, 0) is 12.6 Å². The predicted molar refractivity (Wildman–Crippen MR) is 60.2 cm³/mol. The smallest absolute Gasteiger partial charge is 0.317 e. The third-order valence-electron chi connectivity index (χ3n) is 2.04. The molecular weight excluding hydrogens is 214 g/mol. The van der Waals surface area contributed by atoms with Crippen LogP contribution in [0.5, 0.6) is 0 Å². The third-order valence-corrected chi connectivity index (χ3v) is 2.43. The topological polar surface area (TPSA) is 40.5 Å². The molecule has 0 aliphatic carbocycles. The van der Waals surface area contributed by atoms with Crippen LogP contribution in [-0.4, -0.2) is 36.1 Å². The lowest BCUT2D eigenvalue weighted by molar-refractivity contribution is -0.137. The first kappa shape index (κ1) is 12.0. The van der Waals surface area contributed by atoms with Crippen LogP contribution in [0.3, 0.4) is 0 Å². The first-order valence-electron chi connectivity index (χ1n) is 4.69. The highest BCUT2D eigenvalue weighted by Crippen LogP contribution is 2.20. The number of hydrogen-bond acceptors (Lipinski definition) is 2. The van der Waals surface area contributed by atoms with Gasteiger partial charge in [0.25, 0.3) is 0 Å². The van der Waals surface area contributed by atoms with Crippen molar-refractivity contribution in [2.24, 2.45) is 0 Å². The van der Waals surface area contributed by atoms with E-state index in [1.807, 2.05) is 30.3 Å². The first-order valence-corrected chi connectivity index (χ1v) is 5.12. The van der Waals surface area contributed by atoms with E-state index in [0.29, 0.717) is 6.54 Å². The maximum atomic E-state index is 10.4. The number of rotatable bonds is 5. The van der Waals surface area contributed by atoms with Gasteiger partial charge in [-0.1, -0.05) is 30.3 Å². The minimum absolute atomic E-state index is 0.00997. The second kappa shape index (κ2) is 5.73. The molecule has 1 aromatic rings. The zero-order chi connectivity index (χ0) is 11.3. The molecule has 0 fully saturated rings. The molecule has 82 valence electrons. The summed E-state index contributed by atoms with van der Waals surface area (Å²) in [6, 6.07) is 9.64. The number of aliphatic carboxylic acids is 1. The number of halogens is 1. The molecule has 1 atom stereocenters. The Morgan fingerprint density at radius 1 is 1.47 bits per heavy atom. The zero-order valence-electron chi connectivity index (χ0n) is 8.56. The molecule has 0 aliphatic heterocycles. The molecule has 0 heterocycles. The van der Waals surface area contributed by atoms with Crippen molar-refractivity contribution in [2.75, 3.05) is 20.1 Å². The van der Waals surface area contributed by atoms with Crippen LogP contribution in [0.1, 0.15) is 10.9 Å². The maximum Gasteiger partial charge on any atom is 0.317 e. The maximum absolute atomic E-state index is 10.4. The second-order valence-corrected chi connectivity index (χ2v) is 4.00. The number of hydrogen-bond donors (Lipinski definition) is 1. The Labute approximate surface area is 94.3 Å². The lowest BCUT2D eigenvalue weighted by Gasteiger charge is -2.18. The van der Waals surface area contributed by atoms with Crippen LogP contribution in [0.15, 0.2) is 30.3 Å². The van der Waals surface area contributed by atoms with Gasteiger partial charge < -0.3 is 5.11 Å². The Morgan fingerprint density at radius 2 is 2.07 bits per heavy atom. The molecule has 1 aromatic carbocycles. The van der Waals surface area contributed by atoms with E-state index in [0.717, 1.165) is 5.56 Å². The van der Waals surface area contributed by atoms with Crippen molar-refractivity contribution in [3.8, 4) is 0 Å². The Bertz CT molecular complexity index is 316. The van der Waals surface area contributed by atoms with Crippen molar-refractivity contribution >= 4 is 17.6 Å². The summed E-state index contributed by atoms with van der Waals surface area (Å²) in [4.78, 5) is 12.1. The van der Waals surface area contributed by atoms with E-state index < -0.39 is 5.97 Å². The summed E-state index contributed by atoms with van der Waals surface area (Å²) in [6.07, 6.45) is 0. The minimum atomic E-state index is -0.838. The number of alkyl halides is 1. The average Bonchev–Trinajstić information content (AvgIpc) is 2.17. The fourth-order valence-electron chi connectivity index (χ4n) is 1.34. The monoisotopic (exact) mass is 227 g/mol. The first-order chi connectivity index (χ1) is 7.09. The summed E-state index contributed by atoms with van der Waals surface area (Å²) in [7, 11) is 1.74. The predicted octanol–water partition coefficient (Wildman–Crippen LogP) is 1.98. The Balaban J connectivity index is 2.49. The van der Waals surface area contributed by atoms with E-state index >= 15 is 0 Å². The Hall–Kier alpha value is -1.06. The fraction of sp³-hybridized carbons (Fsp3) is 0.364. The van der Waals surface area contributed by atoms with E-state index in [2.05, 4.69) is 0 Å². The summed E-state index contributed by atoms with van der Waals surface area (Å²) in [5.41, 5.74) is 1.01. The SMILES string of the molecule is CN(CC(=O)O)CC(Cl)c1ccccc1. The van der Waals surface area contributed by atoms with E-state index in [4.69, 9.17) is 16.7 Å². The van der Waals surface area contributed by atoms with Crippen molar-refractivity contribution in [1.82, 2.24) is 4.90 Å². The molecule has 0 saturated carbocycles. The molecule has 1 N–H and O–H groups in total. The largest absolute Gasteiger partial charge is 0.480 e. The van der Waals surface area contributed by atoms with Gasteiger partial charge in [-0.15, -0.1) is 11.6 Å². The molecule has 3 nitrogen and oxygen atoms in total. The summed E-state index contributed by atoms with van der Waals surface area (Å²) >= 11 is 6.15. The van der Waals surface area contributed by atoms with Gasteiger partial charge in [0.05, 0.1) is 11.9 Å². The lowest BCUT2D eigenvalue weighted by Crippen LogP contribution is -2.28. The Morgan fingerprint density at radius 3 is 2.60 bits per heavy atom. The molecule has 4 heteroatoms. The van der Waals surface area contributed by atoms with Crippen molar-refractivity contribution in [3.63, 3.8) is 0 Å².